The number of ether oxygens (including phenoxy) is 4. The molecule has 18 atom stereocenters. The monoisotopic (exact) mass is 2160 g/mol. The van der Waals surface area contributed by atoms with E-state index in [-0.39, 0.29) is 64.2 Å². The number of hydrogen-bond acceptors (Lipinski definition) is 54. The molecular formula is C36H68N2O70S16. The lowest BCUT2D eigenvalue weighted by Crippen LogP contribution is -2.63. The molecule has 0 unspecified atom stereocenters. The maximum Gasteiger partial charge on any atom is 0.398 e. The normalized spacial score (nSPS) is 23.4. The van der Waals surface area contributed by atoms with Crippen LogP contribution in [0.4, 0.5) is 0 Å². The van der Waals surface area contributed by atoms with E-state index in [1.165, 1.54) is 0 Å². The van der Waals surface area contributed by atoms with E-state index < -0.39 is 328 Å². The Kier molecular flexibility index (Phi) is 43.7. The fraction of sp³-hybridized carbons (Fsp3) is 0.944. The number of hydrogen-bond donors (Lipinski definition) is 18. The van der Waals surface area contributed by atoms with E-state index >= 15 is 0 Å². The van der Waals surface area contributed by atoms with Gasteiger partial charge in [0, 0.05) is 13.1 Å². The van der Waals surface area contributed by atoms with Gasteiger partial charge in [-0.05, 0) is 12.8 Å². The van der Waals surface area contributed by atoms with Crippen molar-refractivity contribution in [1.29, 1.82) is 0 Å². The number of nitrogens with one attached hydrogen (secondary N) is 2. The summed E-state index contributed by atoms with van der Waals surface area (Å²) in [5, 5.41) is 3.54. The highest BCUT2D eigenvalue weighted by molar-refractivity contribution is 7.84. The van der Waals surface area contributed by atoms with Gasteiger partial charge in [-0.2, -0.15) is 135 Å². The van der Waals surface area contributed by atoms with Crippen molar-refractivity contribution in [2.75, 3.05) is 39.5 Å². The van der Waals surface area contributed by atoms with E-state index in [9.17, 15) is 208 Å². The molecule has 124 heavy (non-hydrogen) atoms. The van der Waals surface area contributed by atoms with Crippen molar-refractivity contribution in [2.45, 2.75) is 174 Å². The summed E-state index contributed by atoms with van der Waals surface area (Å²) in [6, 6.07) is 0. The van der Waals surface area contributed by atoms with Crippen molar-refractivity contribution in [3.05, 3.63) is 0 Å². The predicted octanol–water partition coefficient (Wildman–Crippen LogP) is -11.1. The van der Waals surface area contributed by atoms with Crippen molar-refractivity contribution in [2.24, 2.45) is 0 Å². The number of amides is 2. The Labute approximate surface area is 701 Å². The molecule has 2 fully saturated rings. The maximum absolute atomic E-state index is 13.7. The SMILES string of the molecule is O=C(NCCCCCCCCCCCCNC(=O)[C@H](OS(=O)(=O)O)[C@@H](OS(=O)(=O)O)[C@H](OS(=O)(=O)O)[C@@H](CO[C@H]1O[C@H](COS(=O)(=O)O)[C@H](OS(=O)(=O)O)[C@H](OS(=O)(=O)O)[C@H]1OS(=O)(=O)O)OS(=O)(=O)O)[C@H](OS(=O)(=O)O)[C@@H](OS(=O)(=O)O)[C@H](OS(=O)(=O)O)[C@@H](CO[C@H]1O[C@H](COS(=O)(=O)O)[C@H](OS(=O)(=O)O)[C@H](OS(=O)(=O)O)[C@H]1OS(=O)(=O)O)OS(=O)(=O)O. The van der Waals surface area contributed by atoms with Gasteiger partial charge in [-0.1, -0.05) is 51.4 Å². The van der Waals surface area contributed by atoms with Crippen molar-refractivity contribution in [3.8, 4) is 0 Å². The van der Waals surface area contributed by atoms with Gasteiger partial charge >= 0.3 is 166 Å². The van der Waals surface area contributed by atoms with E-state index in [2.05, 4.69) is 66.9 Å². The molecule has 0 bridgehead atoms. The Bertz CT molecular complexity index is 5210. The Morgan fingerprint density at radius 3 is 0.677 bits per heavy atom. The highest BCUT2D eigenvalue weighted by Gasteiger charge is 2.59. The zero-order chi connectivity index (χ0) is 96.4. The van der Waals surface area contributed by atoms with Crippen molar-refractivity contribution >= 4 is 178 Å². The van der Waals surface area contributed by atoms with Gasteiger partial charge < -0.3 is 29.6 Å². The number of rotatable bonds is 61. The van der Waals surface area contributed by atoms with Crippen LogP contribution in [0.3, 0.4) is 0 Å². The summed E-state index contributed by atoms with van der Waals surface area (Å²) in [4.78, 5) is 27.4. The molecule has 2 aliphatic heterocycles. The second-order valence-electron chi connectivity index (χ2n) is 23.2. The minimum Gasteiger partial charge on any atom is -0.354 e. The minimum absolute atomic E-state index is 0.0363. The standard InChI is InChI=1S/C36H68N2O70S16/c39-33(29(105-121(77,78)79)25(101-117(65,66)67)23(99-115(59,60)61)19(95-111(47,48)49)13-89-35-31(107-123(83,84)85)27(103-119(71,72)73)21(97-113(53,54)55)17(93-35)15-91-109(41,42)43)37-11-9-7-5-3-1-2-4-6-8-10-12-38-34(40)30(106-122(80,81)82)26(102-118(68,69)70)24(100-116(62,63)64)20(96-112(50,51)52)14-90-36-32(108-124(86,87)88)28(104-120(74,75)76)22(98-114(56,57)58)18(94-36)16-92-110(44,45)46/h17-32,35-36H,1-16H2,(H,37,39)(H,38,40)(H,41,42,43)(H,44,45,46)(H,47,48,49)(H,50,51,52)(H,53,54,55)(H,56,57,58)(H,59,60,61)(H,62,63,64)(H,65,66,67)(H,68,69,70)(H,71,72,73)(H,74,75,76)(H,77,78,79)(H,80,81,82)(H,83,84,85)(H,86,87,88)/t17-,18-,19-,20-,21+,22+,23-,24-,25+,26+,27+,28+,29-,30-,31-,32-,35+,36+/m1/s1. The second-order valence-corrected chi connectivity index (χ2v) is 40.0. The van der Waals surface area contributed by atoms with E-state index in [0.29, 0.717) is 0 Å². The molecule has 0 aliphatic carbocycles. The van der Waals surface area contributed by atoms with Crippen molar-refractivity contribution < 1.29 is 303 Å². The topological polar surface area (TPSA) is 1110 Å². The van der Waals surface area contributed by atoms with E-state index in [4.69, 9.17) is 28.1 Å². The molecule has 2 amide bonds. The Morgan fingerprint density at radius 2 is 0.460 bits per heavy atom. The second kappa shape index (κ2) is 46.4. The first-order chi connectivity index (χ1) is 55.3. The van der Waals surface area contributed by atoms with Gasteiger partial charge in [0.2, 0.25) is 0 Å². The fourth-order valence-electron chi connectivity index (χ4n) is 9.96. The minimum atomic E-state index is -6.59. The number of carbonyl (C=O) groups excluding carboxylic acids is 2. The van der Waals surface area contributed by atoms with Crippen molar-refractivity contribution in [1.82, 2.24) is 10.6 Å². The van der Waals surface area contributed by atoms with Crippen LogP contribution in [0.5, 0.6) is 0 Å². The molecule has 0 radical (unpaired) electrons. The smallest absolute Gasteiger partial charge is 0.354 e. The van der Waals surface area contributed by atoms with E-state index in [1.54, 1.807) is 10.6 Å². The van der Waals surface area contributed by atoms with E-state index in [1.807, 2.05) is 0 Å². The van der Waals surface area contributed by atoms with Crippen LogP contribution in [0.25, 0.3) is 0 Å². The first kappa shape index (κ1) is 117. The summed E-state index contributed by atoms with van der Waals surface area (Å²) in [7, 11) is -101. The number of unbranched alkanes of at least 4 members (excludes halogenated alkanes) is 9. The van der Waals surface area contributed by atoms with Crippen LogP contribution in [-0.4, -0.2) is 369 Å². The van der Waals surface area contributed by atoms with Crippen LogP contribution in [0.1, 0.15) is 64.2 Å². The molecule has 0 aromatic rings. The lowest BCUT2D eigenvalue weighted by Gasteiger charge is -2.43. The summed E-state index contributed by atoms with van der Waals surface area (Å²) in [5.41, 5.74) is 0. The quantitative estimate of drug-likeness (QED) is 0.0199. The first-order valence-corrected chi connectivity index (χ1v) is 52.6. The molecule has 2 heterocycles. The maximum atomic E-state index is 13.7. The van der Waals surface area contributed by atoms with Crippen molar-refractivity contribution in [3.63, 3.8) is 0 Å². The lowest BCUT2D eigenvalue weighted by molar-refractivity contribution is -0.292. The van der Waals surface area contributed by atoms with Crippen LogP contribution >= 0.6 is 0 Å². The number of carbonyl (C=O) groups is 2. The lowest BCUT2D eigenvalue weighted by atomic mass is 9.99. The third-order valence-corrected chi connectivity index (χ3v) is 21.2. The molecule has 738 valence electrons. The average Bonchev–Trinajstić information content (AvgIpc) is 0.770. The first-order valence-electron chi connectivity index (χ1n) is 30.8. The summed E-state index contributed by atoms with van der Waals surface area (Å²) in [6.45, 7) is -10.6. The molecule has 2 rings (SSSR count). The summed E-state index contributed by atoms with van der Waals surface area (Å²) >= 11 is 0. The highest BCUT2D eigenvalue weighted by Crippen LogP contribution is 2.36. The Morgan fingerprint density at radius 1 is 0.250 bits per heavy atom. The van der Waals surface area contributed by atoms with Gasteiger partial charge in [0.1, 0.15) is 73.2 Å². The van der Waals surface area contributed by atoms with Gasteiger partial charge in [0.25, 0.3) is 11.8 Å². The summed E-state index contributed by atoms with van der Waals surface area (Å²) in [5.74, 6) is -4.44. The zero-order valence-corrected chi connectivity index (χ0v) is 72.5. The van der Waals surface area contributed by atoms with E-state index in [0.717, 1.165) is 0 Å². The Balaban J connectivity index is 2.48. The molecular weight excluding hydrogens is 2090 g/mol. The van der Waals surface area contributed by atoms with Gasteiger partial charge in [0.05, 0.1) is 26.4 Å². The molecule has 0 aromatic heterocycles. The van der Waals surface area contributed by atoms with Gasteiger partial charge in [-0.25, -0.2) is 66.9 Å². The molecule has 72 nitrogen and oxygen atoms in total. The summed E-state index contributed by atoms with van der Waals surface area (Å²) < 4.78 is 624. The zero-order valence-electron chi connectivity index (χ0n) is 59.4. The van der Waals surface area contributed by atoms with Gasteiger partial charge in [0.15, 0.2) is 37.0 Å². The molecule has 88 heteroatoms. The molecule has 0 aromatic carbocycles. The van der Waals surface area contributed by atoms with Crippen LogP contribution < -0.4 is 10.6 Å². The third kappa shape index (κ3) is 52.1. The third-order valence-electron chi connectivity index (χ3n) is 13.8. The molecule has 2 aliphatic rings. The largest absolute Gasteiger partial charge is 0.398 e. The highest BCUT2D eigenvalue weighted by atomic mass is 32.3. The van der Waals surface area contributed by atoms with Crippen LogP contribution in [0.15, 0.2) is 0 Å². The van der Waals surface area contributed by atoms with Gasteiger partial charge in [-0.3, -0.25) is 82.4 Å². The van der Waals surface area contributed by atoms with Crippen LogP contribution in [-0.2, 0) is 262 Å². The fourth-order valence-corrected chi connectivity index (χ4v) is 17.5. The molecule has 0 spiro atoms. The summed E-state index contributed by atoms with van der Waals surface area (Å²) in [6.07, 6.45) is -63.2. The molecule has 0 saturated carbocycles. The Hall–Kier alpha value is -3.30. The predicted molar refractivity (Wildman–Crippen MR) is 366 cm³/mol. The molecule has 18 N–H and O–H groups in total. The van der Waals surface area contributed by atoms with Crippen LogP contribution in [0, 0.1) is 0 Å². The molecule has 2 saturated heterocycles. The average molecular weight is 2160 g/mol. The van der Waals surface area contributed by atoms with Crippen LogP contribution in [0.2, 0.25) is 0 Å². The van der Waals surface area contributed by atoms with Gasteiger partial charge in [-0.15, -0.1) is 0 Å².